The quantitative estimate of drug-likeness (QED) is 0.630. The fourth-order valence-corrected chi connectivity index (χ4v) is 1.04. The van der Waals surface area contributed by atoms with Crippen molar-refractivity contribution in [3.8, 4) is 17.2 Å². The van der Waals surface area contributed by atoms with Crippen LogP contribution in [0.2, 0.25) is 0 Å². The first-order valence-electron chi connectivity index (χ1n) is 3.53. The molecule has 0 spiro atoms. The Morgan fingerprint density at radius 1 is 1.33 bits per heavy atom. The lowest BCUT2D eigenvalue weighted by atomic mass is 10.3. The third-order valence-electron chi connectivity index (χ3n) is 1.58. The molecule has 0 aromatic heterocycles. The van der Waals surface area contributed by atoms with Gasteiger partial charge in [0.2, 0.25) is 6.79 Å². The third kappa shape index (κ3) is 1.19. The zero-order valence-electron chi connectivity index (χ0n) is 6.32. The Morgan fingerprint density at radius 2 is 2.17 bits per heavy atom. The number of rotatable bonds is 2. The van der Waals surface area contributed by atoms with Crippen LogP contribution in [0.15, 0.2) is 18.2 Å². The van der Waals surface area contributed by atoms with Crippen molar-refractivity contribution in [2.45, 2.75) is 0 Å². The summed E-state index contributed by atoms with van der Waals surface area (Å²) in [7, 11) is -0.334. The fourth-order valence-electron chi connectivity index (χ4n) is 1.04. The van der Waals surface area contributed by atoms with Gasteiger partial charge in [0, 0.05) is 6.07 Å². The zero-order chi connectivity index (χ0) is 8.39. The molecule has 0 saturated heterocycles. The zero-order valence-corrected chi connectivity index (χ0v) is 6.32. The number of benzene rings is 1. The van der Waals surface area contributed by atoms with Gasteiger partial charge in [-0.1, -0.05) is 0 Å². The molecule has 12 heavy (non-hydrogen) atoms. The van der Waals surface area contributed by atoms with E-state index >= 15 is 0 Å². The summed E-state index contributed by atoms with van der Waals surface area (Å²) >= 11 is 0. The fraction of sp³-hybridized carbons (Fsp3) is 0.143. The molecular weight excluding hydrogens is 159 g/mol. The smallest absolute Gasteiger partial charge is 0.504 e. The summed E-state index contributed by atoms with van der Waals surface area (Å²) in [5, 5.41) is 8.47. The van der Waals surface area contributed by atoms with E-state index < -0.39 is 0 Å². The van der Waals surface area contributed by atoms with Gasteiger partial charge in [-0.2, -0.15) is 0 Å². The van der Waals surface area contributed by atoms with Crippen molar-refractivity contribution in [1.82, 2.24) is 0 Å². The van der Waals surface area contributed by atoms with E-state index in [0.717, 1.165) is 0 Å². The van der Waals surface area contributed by atoms with Crippen LogP contribution in [-0.2, 0) is 0 Å². The maximum absolute atomic E-state index is 8.47. The van der Waals surface area contributed by atoms with Crippen LogP contribution in [0.25, 0.3) is 0 Å². The van der Waals surface area contributed by atoms with Gasteiger partial charge in [-0.3, -0.25) is 0 Å². The van der Waals surface area contributed by atoms with E-state index in [0.29, 0.717) is 17.2 Å². The van der Waals surface area contributed by atoms with Crippen molar-refractivity contribution >= 4 is 7.69 Å². The predicted octanol–water partition coefficient (Wildman–Crippen LogP) is 0.0529. The molecule has 2 rings (SSSR count). The summed E-state index contributed by atoms with van der Waals surface area (Å²) in [4.78, 5) is 0. The molecule has 0 amide bonds. The van der Waals surface area contributed by atoms with Gasteiger partial charge >= 0.3 is 7.69 Å². The Labute approximate surface area is 70.0 Å². The first-order chi connectivity index (χ1) is 5.90. The van der Waals surface area contributed by atoms with E-state index in [4.69, 9.17) is 19.2 Å². The molecule has 0 bridgehead atoms. The second-order valence-corrected chi connectivity index (χ2v) is 2.29. The maximum Gasteiger partial charge on any atom is 0.504 e. The molecule has 5 heteroatoms. The van der Waals surface area contributed by atoms with Gasteiger partial charge in [0.25, 0.3) is 0 Å². The summed E-state index contributed by atoms with van der Waals surface area (Å²) in [6, 6.07) is 5.13. The Hall–Kier alpha value is -1.36. The molecule has 4 nitrogen and oxygen atoms in total. The average Bonchev–Trinajstić information content (AvgIpc) is 2.51. The van der Waals surface area contributed by atoms with Crippen LogP contribution in [0, 0.1) is 0 Å². The highest BCUT2D eigenvalue weighted by atomic mass is 16.7. The summed E-state index contributed by atoms with van der Waals surface area (Å²) in [6.45, 7) is 0.248. The Bertz CT molecular complexity index is 289. The van der Waals surface area contributed by atoms with Gasteiger partial charge in [-0.25, -0.2) is 0 Å². The molecule has 0 saturated carbocycles. The Kier molecular flexibility index (Phi) is 1.79. The number of hydrogen-bond acceptors (Lipinski definition) is 4. The van der Waals surface area contributed by atoms with Crippen molar-refractivity contribution in [3.63, 3.8) is 0 Å². The summed E-state index contributed by atoms with van der Waals surface area (Å²) in [6.07, 6.45) is 0. The molecule has 0 aliphatic carbocycles. The van der Waals surface area contributed by atoms with Crippen molar-refractivity contribution in [2.24, 2.45) is 0 Å². The number of hydrogen-bond donors (Lipinski definition) is 1. The molecule has 0 radical (unpaired) electrons. The van der Waals surface area contributed by atoms with Crippen LogP contribution >= 0.6 is 0 Å². The minimum Gasteiger partial charge on any atom is -0.539 e. The molecule has 1 N–H and O–H groups in total. The molecule has 0 unspecified atom stereocenters. The topological polar surface area (TPSA) is 47.9 Å². The van der Waals surface area contributed by atoms with Crippen LogP contribution < -0.4 is 14.1 Å². The number of fused-ring (bicyclic) bond motifs is 1. The minimum atomic E-state index is -0.334. The SMILES string of the molecule is OBOc1ccc2c(c1)OCO2. The van der Waals surface area contributed by atoms with Gasteiger partial charge in [0.05, 0.1) is 0 Å². The van der Waals surface area contributed by atoms with Gasteiger partial charge in [0.15, 0.2) is 11.5 Å². The first kappa shape index (κ1) is 7.30. The van der Waals surface area contributed by atoms with E-state index in [2.05, 4.69) is 0 Å². The molecule has 1 aromatic carbocycles. The van der Waals surface area contributed by atoms with Crippen LogP contribution in [-0.4, -0.2) is 19.5 Å². The highest BCUT2D eigenvalue weighted by molar-refractivity contribution is 6.17. The number of ether oxygens (including phenoxy) is 2. The second-order valence-electron chi connectivity index (χ2n) is 2.29. The Balaban J connectivity index is 2.26. The molecule has 62 valence electrons. The van der Waals surface area contributed by atoms with Gasteiger partial charge < -0.3 is 19.2 Å². The van der Waals surface area contributed by atoms with E-state index in [1.54, 1.807) is 18.2 Å². The molecule has 1 aliphatic rings. The van der Waals surface area contributed by atoms with E-state index in [9.17, 15) is 0 Å². The van der Waals surface area contributed by atoms with Crippen molar-refractivity contribution in [3.05, 3.63) is 18.2 Å². The third-order valence-corrected chi connectivity index (χ3v) is 1.58. The monoisotopic (exact) mass is 166 g/mol. The molecule has 0 atom stereocenters. The van der Waals surface area contributed by atoms with Crippen LogP contribution in [0.5, 0.6) is 17.2 Å². The van der Waals surface area contributed by atoms with Crippen LogP contribution in [0.3, 0.4) is 0 Å². The van der Waals surface area contributed by atoms with Crippen LogP contribution in [0.1, 0.15) is 0 Å². The molecule has 0 fully saturated rings. The minimum absolute atomic E-state index is 0.248. The largest absolute Gasteiger partial charge is 0.539 e. The average molecular weight is 166 g/mol. The van der Waals surface area contributed by atoms with Gasteiger partial charge in [0.1, 0.15) is 5.75 Å². The lowest BCUT2D eigenvalue weighted by Crippen LogP contribution is -1.99. The lowest BCUT2D eigenvalue weighted by molar-refractivity contribution is 0.174. The molecule has 1 aliphatic heterocycles. The lowest BCUT2D eigenvalue weighted by Gasteiger charge is -2.01. The van der Waals surface area contributed by atoms with Gasteiger partial charge in [-0.15, -0.1) is 0 Å². The predicted molar refractivity (Wildman–Crippen MR) is 42.6 cm³/mol. The van der Waals surface area contributed by atoms with E-state index in [1.165, 1.54) is 0 Å². The summed E-state index contributed by atoms with van der Waals surface area (Å²) in [5.74, 6) is 1.93. The highest BCUT2D eigenvalue weighted by Gasteiger charge is 2.13. The van der Waals surface area contributed by atoms with Crippen molar-refractivity contribution in [1.29, 1.82) is 0 Å². The standard InChI is InChI=1S/C7H7BO4/c9-8-12-5-1-2-6-7(3-5)11-4-10-6/h1-3,8-9H,4H2. The second kappa shape index (κ2) is 2.94. The first-order valence-corrected chi connectivity index (χ1v) is 3.53. The summed E-state index contributed by atoms with van der Waals surface area (Å²) in [5.41, 5.74) is 0. The van der Waals surface area contributed by atoms with Crippen molar-refractivity contribution < 1.29 is 19.2 Å². The van der Waals surface area contributed by atoms with E-state index in [1.807, 2.05) is 0 Å². The molecular formula is C7H7BO4. The van der Waals surface area contributed by atoms with Crippen LogP contribution in [0.4, 0.5) is 0 Å². The maximum atomic E-state index is 8.47. The normalized spacial score (nSPS) is 12.8. The Morgan fingerprint density at radius 3 is 3.00 bits per heavy atom. The van der Waals surface area contributed by atoms with Gasteiger partial charge in [-0.05, 0) is 12.1 Å². The van der Waals surface area contributed by atoms with Crippen molar-refractivity contribution in [2.75, 3.05) is 6.79 Å². The van der Waals surface area contributed by atoms with E-state index in [-0.39, 0.29) is 14.5 Å². The molecule has 1 heterocycles. The molecule has 1 aromatic rings. The summed E-state index contributed by atoms with van der Waals surface area (Å²) < 4.78 is 15.0. The highest BCUT2D eigenvalue weighted by Crippen LogP contribution is 2.34.